The zero-order chi connectivity index (χ0) is 22.6. The number of halogens is 2. The summed E-state index contributed by atoms with van der Waals surface area (Å²) in [5.74, 6) is -1.51. The smallest absolute Gasteiger partial charge is 0.193 e. The second-order valence-corrected chi connectivity index (χ2v) is 8.51. The normalized spacial score (nSPS) is 15.0. The molecule has 8 heteroatoms. The molecular weight excluding hydrogens is 402 g/mol. The molecule has 0 aliphatic carbocycles. The lowest BCUT2D eigenvalue weighted by molar-refractivity contribution is 0.0709. The van der Waals surface area contributed by atoms with Crippen LogP contribution < -0.4 is 10.3 Å². The van der Waals surface area contributed by atoms with E-state index in [-0.39, 0.29) is 30.0 Å². The van der Waals surface area contributed by atoms with E-state index in [2.05, 4.69) is 15.5 Å². The first kappa shape index (κ1) is 23.1. The van der Waals surface area contributed by atoms with Crippen LogP contribution in [0.2, 0.25) is 0 Å². The minimum absolute atomic E-state index is 0.0688. The van der Waals surface area contributed by atoms with E-state index in [1.165, 1.54) is 6.21 Å². The molecule has 0 radical (unpaired) electrons. The molecule has 0 unspecified atom stereocenters. The maximum Gasteiger partial charge on any atom is 0.193 e. The van der Waals surface area contributed by atoms with Gasteiger partial charge in [-0.15, -0.1) is 0 Å². The Labute approximate surface area is 181 Å². The van der Waals surface area contributed by atoms with Crippen LogP contribution >= 0.6 is 0 Å². The molecule has 1 aliphatic rings. The molecular formula is C23H30F2N4O2. The number of pyridine rings is 1. The van der Waals surface area contributed by atoms with Gasteiger partial charge in [0.05, 0.1) is 30.7 Å². The van der Waals surface area contributed by atoms with E-state index < -0.39 is 17.2 Å². The molecule has 168 valence electrons. The highest BCUT2D eigenvalue weighted by Gasteiger charge is 2.26. The van der Waals surface area contributed by atoms with E-state index in [9.17, 15) is 5.11 Å². The third kappa shape index (κ3) is 5.98. The third-order valence-corrected chi connectivity index (χ3v) is 5.33. The van der Waals surface area contributed by atoms with E-state index in [4.69, 9.17) is 4.74 Å². The van der Waals surface area contributed by atoms with Crippen molar-refractivity contribution in [3.63, 3.8) is 0 Å². The standard InChI is InChI=1S/C23H30F2N4O2/c1-15-5-6-17(13-16(15)2)14-26-28-21-19(24)18(7-8-23(3,4)30)27-22(20(21)25)29-9-11-31-12-10-29/h5-6,13-14,30H,7-12H2,1-4H3,(H,27,28). The molecule has 1 aromatic carbocycles. The van der Waals surface area contributed by atoms with Crippen LogP contribution in [-0.2, 0) is 11.2 Å². The topological polar surface area (TPSA) is 70.0 Å². The van der Waals surface area contributed by atoms with Gasteiger partial charge >= 0.3 is 0 Å². The summed E-state index contributed by atoms with van der Waals surface area (Å²) < 4.78 is 35.7. The van der Waals surface area contributed by atoms with Crippen LogP contribution in [0.1, 0.15) is 42.7 Å². The molecule has 0 amide bonds. The van der Waals surface area contributed by atoms with Gasteiger partial charge in [0.1, 0.15) is 5.69 Å². The Kier molecular flexibility index (Phi) is 7.23. The molecule has 0 bridgehead atoms. The van der Waals surface area contributed by atoms with Crippen LogP contribution in [0.25, 0.3) is 0 Å². The molecule has 0 atom stereocenters. The number of aliphatic hydroxyl groups is 1. The monoisotopic (exact) mass is 432 g/mol. The SMILES string of the molecule is Cc1ccc(C=NNc2c(F)c(CCC(C)(C)O)nc(N3CCOCC3)c2F)cc1C. The number of benzene rings is 1. The van der Waals surface area contributed by atoms with E-state index in [1.807, 2.05) is 32.0 Å². The number of rotatable bonds is 7. The molecule has 0 spiro atoms. The molecule has 1 aliphatic heterocycles. The highest BCUT2D eigenvalue weighted by Crippen LogP contribution is 2.30. The van der Waals surface area contributed by atoms with Crippen molar-refractivity contribution in [2.24, 2.45) is 5.10 Å². The van der Waals surface area contributed by atoms with Gasteiger partial charge in [-0.2, -0.15) is 5.10 Å². The summed E-state index contributed by atoms with van der Waals surface area (Å²) in [6, 6.07) is 5.81. The number of morpholine rings is 1. The molecule has 1 saturated heterocycles. The molecule has 2 N–H and O–H groups in total. The number of hydrogen-bond donors (Lipinski definition) is 2. The predicted octanol–water partition coefficient (Wildman–Crippen LogP) is 3.96. The van der Waals surface area contributed by atoms with Gasteiger partial charge in [-0.3, -0.25) is 5.43 Å². The zero-order valence-electron chi connectivity index (χ0n) is 18.5. The van der Waals surface area contributed by atoms with Gasteiger partial charge in [0.15, 0.2) is 17.5 Å². The first-order valence-electron chi connectivity index (χ1n) is 10.4. The maximum atomic E-state index is 15.2. The van der Waals surface area contributed by atoms with Gasteiger partial charge in [0.25, 0.3) is 0 Å². The molecule has 1 aromatic heterocycles. The fourth-order valence-corrected chi connectivity index (χ4v) is 3.27. The summed E-state index contributed by atoms with van der Waals surface area (Å²) in [5, 5.41) is 14.1. The number of nitrogens with zero attached hydrogens (tertiary/aromatic N) is 3. The Balaban J connectivity index is 1.92. The molecule has 6 nitrogen and oxygen atoms in total. The summed E-state index contributed by atoms with van der Waals surface area (Å²) in [6.45, 7) is 9.12. The summed E-state index contributed by atoms with van der Waals surface area (Å²) in [4.78, 5) is 6.00. The Morgan fingerprint density at radius 3 is 2.55 bits per heavy atom. The summed E-state index contributed by atoms with van der Waals surface area (Å²) in [5.41, 5.74) is 4.38. The van der Waals surface area contributed by atoms with E-state index in [0.29, 0.717) is 26.3 Å². The van der Waals surface area contributed by atoms with Crippen LogP contribution in [0.3, 0.4) is 0 Å². The molecule has 1 fully saturated rings. The third-order valence-electron chi connectivity index (χ3n) is 5.33. The number of anilines is 2. The number of hydrogen-bond acceptors (Lipinski definition) is 6. The lowest BCUT2D eigenvalue weighted by atomic mass is 10.0. The first-order chi connectivity index (χ1) is 14.7. The fraction of sp³-hybridized carbons (Fsp3) is 0.478. The van der Waals surface area contributed by atoms with Gasteiger partial charge in [0, 0.05) is 13.1 Å². The Morgan fingerprint density at radius 2 is 1.90 bits per heavy atom. The summed E-state index contributed by atoms with van der Waals surface area (Å²) >= 11 is 0. The number of aryl methyl sites for hydroxylation is 3. The van der Waals surface area contributed by atoms with Crippen LogP contribution in [0, 0.1) is 25.5 Å². The molecule has 3 rings (SSSR count). The maximum absolute atomic E-state index is 15.2. The van der Waals surface area contributed by atoms with Gasteiger partial charge in [0.2, 0.25) is 0 Å². The van der Waals surface area contributed by atoms with E-state index in [0.717, 1.165) is 16.7 Å². The second kappa shape index (κ2) is 9.70. The molecule has 0 saturated carbocycles. The van der Waals surface area contributed by atoms with Crippen molar-refractivity contribution in [1.82, 2.24) is 4.98 Å². The van der Waals surface area contributed by atoms with Gasteiger partial charge < -0.3 is 14.7 Å². The lowest BCUT2D eigenvalue weighted by Gasteiger charge is -2.29. The highest BCUT2D eigenvalue weighted by molar-refractivity contribution is 5.80. The minimum atomic E-state index is -0.989. The first-order valence-corrected chi connectivity index (χ1v) is 10.4. The van der Waals surface area contributed by atoms with Crippen molar-refractivity contribution in [1.29, 1.82) is 0 Å². The molecule has 31 heavy (non-hydrogen) atoms. The quantitative estimate of drug-likeness (QED) is 0.512. The van der Waals surface area contributed by atoms with Gasteiger partial charge in [-0.1, -0.05) is 18.2 Å². The highest BCUT2D eigenvalue weighted by atomic mass is 19.1. The van der Waals surface area contributed by atoms with Crippen molar-refractivity contribution in [2.45, 2.75) is 46.1 Å². The summed E-state index contributed by atoms with van der Waals surface area (Å²) in [6.07, 6.45) is 1.98. The number of ether oxygens (including phenoxy) is 1. The number of aromatic nitrogens is 1. The Bertz CT molecular complexity index is 952. The lowest BCUT2D eigenvalue weighted by Crippen LogP contribution is -2.37. The van der Waals surface area contributed by atoms with Crippen LogP contribution in [0.15, 0.2) is 23.3 Å². The van der Waals surface area contributed by atoms with Crippen LogP contribution in [0.5, 0.6) is 0 Å². The van der Waals surface area contributed by atoms with Crippen molar-refractivity contribution >= 4 is 17.7 Å². The summed E-state index contributed by atoms with van der Waals surface area (Å²) in [7, 11) is 0. The van der Waals surface area contributed by atoms with Crippen LogP contribution in [0.4, 0.5) is 20.3 Å². The number of nitrogens with one attached hydrogen (secondary N) is 1. The average Bonchev–Trinajstić information content (AvgIpc) is 2.72. The number of hydrazone groups is 1. The average molecular weight is 433 g/mol. The van der Waals surface area contributed by atoms with E-state index in [1.54, 1.807) is 18.7 Å². The Hall–Kier alpha value is -2.58. The zero-order valence-corrected chi connectivity index (χ0v) is 18.5. The van der Waals surface area contributed by atoms with Crippen LogP contribution in [-0.4, -0.2) is 48.2 Å². The Morgan fingerprint density at radius 1 is 1.19 bits per heavy atom. The van der Waals surface area contributed by atoms with Gasteiger partial charge in [-0.25, -0.2) is 13.8 Å². The van der Waals surface area contributed by atoms with Crippen molar-refractivity contribution in [3.05, 3.63) is 52.2 Å². The van der Waals surface area contributed by atoms with Crippen molar-refractivity contribution in [2.75, 3.05) is 36.6 Å². The van der Waals surface area contributed by atoms with Crippen molar-refractivity contribution in [3.8, 4) is 0 Å². The molecule has 2 aromatic rings. The van der Waals surface area contributed by atoms with Crippen molar-refractivity contribution < 1.29 is 18.6 Å². The predicted molar refractivity (Wildman–Crippen MR) is 119 cm³/mol. The minimum Gasteiger partial charge on any atom is -0.390 e. The molecule has 2 heterocycles. The van der Waals surface area contributed by atoms with E-state index >= 15 is 8.78 Å². The van der Waals surface area contributed by atoms with Gasteiger partial charge in [-0.05, 0) is 57.2 Å². The largest absolute Gasteiger partial charge is 0.390 e. The second-order valence-electron chi connectivity index (χ2n) is 8.51. The fourth-order valence-electron chi connectivity index (χ4n) is 3.27.